The lowest BCUT2D eigenvalue weighted by molar-refractivity contribution is -0.151. The van der Waals surface area contributed by atoms with Gasteiger partial charge in [-0.3, -0.25) is 4.79 Å². The van der Waals surface area contributed by atoms with Crippen molar-refractivity contribution in [1.82, 2.24) is 0 Å². The van der Waals surface area contributed by atoms with Gasteiger partial charge in [0.25, 0.3) is 0 Å². The molecule has 1 saturated carbocycles. The molecule has 0 saturated heterocycles. The molecular formula is C15H21NO3. The first-order valence-corrected chi connectivity index (χ1v) is 6.76. The van der Waals surface area contributed by atoms with Crippen LogP contribution in [0.25, 0.3) is 0 Å². The van der Waals surface area contributed by atoms with Crippen molar-refractivity contribution >= 4 is 5.97 Å². The van der Waals surface area contributed by atoms with Gasteiger partial charge in [-0.05, 0) is 30.5 Å². The van der Waals surface area contributed by atoms with Crippen molar-refractivity contribution in [1.29, 1.82) is 0 Å². The smallest absolute Gasteiger partial charge is 0.310 e. The number of hydrogen-bond donors (Lipinski definition) is 1. The number of carbonyl (C=O) groups excluding carboxylic acids is 1. The lowest BCUT2D eigenvalue weighted by atomic mass is 9.85. The first-order valence-electron chi connectivity index (χ1n) is 6.76. The third kappa shape index (κ3) is 3.70. The highest BCUT2D eigenvalue weighted by molar-refractivity contribution is 5.73. The highest BCUT2D eigenvalue weighted by Crippen LogP contribution is 2.24. The normalized spacial score (nSPS) is 22.8. The van der Waals surface area contributed by atoms with Gasteiger partial charge in [0.2, 0.25) is 0 Å². The third-order valence-corrected chi connectivity index (χ3v) is 3.66. The van der Waals surface area contributed by atoms with Crippen LogP contribution in [0, 0.1) is 5.92 Å². The number of rotatable bonds is 4. The van der Waals surface area contributed by atoms with Crippen molar-refractivity contribution in [3.8, 4) is 5.75 Å². The SMILES string of the molecule is COc1ccc(COC(=O)C2CCCCC2N)cc1. The van der Waals surface area contributed by atoms with Gasteiger partial charge < -0.3 is 15.2 Å². The van der Waals surface area contributed by atoms with Crippen LogP contribution < -0.4 is 10.5 Å². The van der Waals surface area contributed by atoms with Gasteiger partial charge in [0.05, 0.1) is 13.0 Å². The molecule has 4 heteroatoms. The van der Waals surface area contributed by atoms with E-state index in [1.165, 1.54) is 0 Å². The summed E-state index contributed by atoms with van der Waals surface area (Å²) in [6.07, 6.45) is 3.95. The van der Waals surface area contributed by atoms with E-state index < -0.39 is 0 Å². The number of hydrogen-bond acceptors (Lipinski definition) is 4. The molecule has 19 heavy (non-hydrogen) atoms. The predicted octanol–water partition coefficient (Wildman–Crippen LogP) is 2.26. The minimum absolute atomic E-state index is 0.0443. The number of methoxy groups -OCH3 is 1. The Bertz CT molecular complexity index is 416. The molecule has 0 aromatic heterocycles. The zero-order chi connectivity index (χ0) is 13.7. The molecule has 0 radical (unpaired) electrons. The van der Waals surface area contributed by atoms with Gasteiger partial charge in [-0.15, -0.1) is 0 Å². The summed E-state index contributed by atoms with van der Waals surface area (Å²) in [4.78, 5) is 12.0. The number of esters is 1. The summed E-state index contributed by atoms with van der Waals surface area (Å²) < 4.78 is 10.4. The van der Waals surface area contributed by atoms with Gasteiger partial charge >= 0.3 is 5.97 Å². The second kappa shape index (κ2) is 6.57. The van der Waals surface area contributed by atoms with E-state index in [2.05, 4.69) is 0 Å². The van der Waals surface area contributed by atoms with Crippen LogP contribution in [0.2, 0.25) is 0 Å². The van der Waals surface area contributed by atoms with Crippen LogP contribution in [0.5, 0.6) is 5.75 Å². The first kappa shape index (κ1) is 13.9. The minimum Gasteiger partial charge on any atom is -0.497 e. The van der Waals surface area contributed by atoms with Gasteiger partial charge in [0, 0.05) is 6.04 Å². The maximum absolute atomic E-state index is 12.0. The molecule has 1 aromatic carbocycles. The Kier molecular flexibility index (Phi) is 4.80. The number of benzene rings is 1. The van der Waals surface area contributed by atoms with E-state index in [-0.39, 0.29) is 17.9 Å². The maximum atomic E-state index is 12.0. The number of nitrogens with two attached hydrogens (primary N) is 1. The lowest BCUT2D eigenvalue weighted by Gasteiger charge is -2.26. The highest BCUT2D eigenvalue weighted by atomic mass is 16.5. The second-order valence-electron chi connectivity index (χ2n) is 5.01. The van der Waals surface area contributed by atoms with Crippen LogP contribution in [0.4, 0.5) is 0 Å². The average Bonchev–Trinajstić information content (AvgIpc) is 2.46. The van der Waals surface area contributed by atoms with E-state index in [1.807, 2.05) is 24.3 Å². The number of carbonyl (C=O) groups is 1. The van der Waals surface area contributed by atoms with E-state index in [1.54, 1.807) is 7.11 Å². The molecular weight excluding hydrogens is 242 g/mol. The molecule has 0 aliphatic heterocycles. The Morgan fingerprint density at radius 1 is 1.26 bits per heavy atom. The molecule has 0 amide bonds. The summed E-state index contributed by atoms with van der Waals surface area (Å²) in [6.45, 7) is 0.298. The summed E-state index contributed by atoms with van der Waals surface area (Å²) in [5.74, 6) is 0.499. The molecule has 2 N–H and O–H groups in total. The maximum Gasteiger partial charge on any atom is 0.310 e. The van der Waals surface area contributed by atoms with Gasteiger partial charge in [-0.1, -0.05) is 25.0 Å². The molecule has 0 bridgehead atoms. The molecule has 0 spiro atoms. The van der Waals surface area contributed by atoms with Crippen LogP contribution in [-0.4, -0.2) is 19.1 Å². The molecule has 1 aliphatic rings. The van der Waals surface area contributed by atoms with Crippen LogP contribution in [-0.2, 0) is 16.1 Å². The van der Waals surface area contributed by atoms with Crippen LogP contribution >= 0.6 is 0 Å². The standard InChI is InChI=1S/C15H21NO3/c1-18-12-8-6-11(7-9-12)10-19-15(17)13-4-2-3-5-14(13)16/h6-9,13-14H,2-5,10,16H2,1H3. The zero-order valence-electron chi connectivity index (χ0n) is 11.3. The number of ether oxygens (including phenoxy) is 2. The molecule has 1 aromatic rings. The van der Waals surface area contributed by atoms with Gasteiger partial charge in [-0.25, -0.2) is 0 Å². The van der Waals surface area contributed by atoms with Gasteiger partial charge in [0.15, 0.2) is 0 Å². The molecule has 1 fully saturated rings. The largest absolute Gasteiger partial charge is 0.497 e. The molecule has 1 aliphatic carbocycles. The van der Waals surface area contributed by atoms with E-state index in [0.29, 0.717) is 6.61 Å². The average molecular weight is 263 g/mol. The van der Waals surface area contributed by atoms with Crippen molar-refractivity contribution in [3.63, 3.8) is 0 Å². The summed E-state index contributed by atoms with van der Waals surface area (Å²) >= 11 is 0. The molecule has 0 heterocycles. The Morgan fingerprint density at radius 3 is 2.58 bits per heavy atom. The highest BCUT2D eigenvalue weighted by Gasteiger charge is 2.29. The van der Waals surface area contributed by atoms with Crippen molar-refractivity contribution < 1.29 is 14.3 Å². The van der Waals surface area contributed by atoms with E-state index in [0.717, 1.165) is 37.0 Å². The van der Waals surface area contributed by atoms with Gasteiger partial charge in [0.1, 0.15) is 12.4 Å². The summed E-state index contributed by atoms with van der Waals surface area (Å²) in [5, 5.41) is 0. The fourth-order valence-corrected chi connectivity index (χ4v) is 2.44. The Hall–Kier alpha value is -1.55. The minimum atomic E-state index is -0.164. The van der Waals surface area contributed by atoms with Gasteiger partial charge in [-0.2, -0.15) is 0 Å². The molecule has 4 nitrogen and oxygen atoms in total. The lowest BCUT2D eigenvalue weighted by Crippen LogP contribution is -2.38. The fourth-order valence-electron chi connectivity index (χ4n) is 2.44. The Labute approximate surface area is 113 Å². The zero-order valence-corrected chi connectivity index (χ0v) is 11.3. The third-order valence-electron chi connectivity index (χ3n) is 3.66. The summed E-state index contributed by atoms with van der Waals surface area (Å²) in [5.41, 5.74) is 6.93. The summed E-state index contributed by atoms with van der Waals surface area (Å²) in [7, 11) is 1.62. The van der Waals surface area contributed by atoms with Crippen LogP contribution in [0.3, 0.4) is 0 Å². The Balaban J connectivity index is 1.85. The van der Waals surface area contributed by atoms with Crippen molar-refractivity contribution in [2.45, 2.75) is 38.3 Å². The molecule has 104 valence electrons. The summed E-state index contributed by atoms with van der Waals surface area (Å²) in [6, 6.07) is 7.46. The van der Waals surface area contributed by atoms with E-state index in [4.69, 9.17) is 15.2 Å². The van der Waals surface area contributed by atoms with Crippen LogP contribution in [0.1, 0.15) is 31.2 Å². The second-order valence-corrected chi connectivity index (χ2v) is 5.01. The quantitative estimate of drug-likeness (QED) is 0.846. The van der Waals surface area contributed by atoms with E-state index >= 15 is 0 Å². The molecule has 2 unspecified atom stereocenters. The topological polar surface area (TPSA) is 61.5 Å². The molecule has 2 rings (SSSR count). The van der Waals surface area contributed by atoms with Crippen molar-refractivity contribution in [2.24, 2.45) is 11.7 Å². The van der Waals surface area contributed by atoms with E-state index in [9.17, 15) is 4.79 Å². The predicted molar refractivity (Wildman–Crippen MR) is 72.7 cm³/mol. The fraction of sp³-hybridized carbons (Fsp3) is 0.533. The Morgan fingerprint density at radius 2 is 1.95 bits per heavy atom. The van der Waals surface area contributed by atoms with Crippen molar-refractivity contribution in [3.05, 3.63) is 29.8 Å². The van der Waals surface area contributed by atoms with Crippen molar-refractivity contribution in [2.75, 3.05) is 7.11 Å². The van der Waals surface area contributed by atoms with Crippen LogP contribution in [0.15, 0.2) is 24.3 Å². The molecule has 2 atom stereocenters. The monoisotopic (exact) mass is 263 g/mol. The first-order chi connectivity index (χ1) is 9.20.